The molecule has 1 aliphatic heterocycles. The molecule has 148 valence electrons. The van der Waals surface area contributed by atoms with Crippen LogP contribution in [-0.2, 0) is 19.3 Å². The number of aromatic nitrogens is 5. The van der Waals surface area contributed by atoms with E-state index in [1.807, 2.05) is 12.1 Å². The Kier molecular flexibility index (Phi) is 3.79. The van der Waals surface area contributed by atoms with E-state index >= 15 is 0 Å². The van der Waals surface area contributed by atoms with Gasteiger partial charge in [0.25, 0.3) is 0 Å². The number of H-pyrrole nitrogens is 1. The van der Waals surface area contributed by atoms with E-state index in [0.717, 1.165) is 17.1 Å². The summed E-state index contributed by atoms with van der Waals surface area (Å²) in [7, 11) is -3.29. The third-order valence-electron chi connectivity index (χ3n) is 5.79. The van der Waals surface area contributed by atoms with Crippen LogP contribution in [0.15, 0.2) is 24.5 Å². The number of nitrogens with zero attached hydrogens (tertiary/aromatic N) is 5. The van der Waals surface area contributed by atoms with E-state index in [9.17, 15) is 8.42 Å². The Morgan fingerprint density at radius 2 is 2.18 bits per heavy atom. The molecule has 1 N–H and O–H groups in total. The minimum Gasteiger partial charge on any atom is -0.377 e. The molecule has 0 unspecified atom stereocenters. The summed E-state index contributed by atoms with van der Waals surface area (Å²) in [6.45, 7) is 4.03. The lowest BCUT2D eigenvalue weighted by Crippen LogP contribution is -2.44. The van der Waals surface area contributed by atoms with E-state index in [4.69, 9.17) is 9.72 Å². The first-order chi connectivity index (χ1) is 13.4. The van der Waals surface area contributed by atoms with E-state index in [0.29, 0.717) is 43.9 Å². The number of rotatable bonds is 4. The molecule has 0 radical (unpaired) electrons. The lowest BCUT2D eigenvalue weighted by atomic mass is 10.2. The topological polar surface area (TPSA) is 105 Å². The summed E-state index contributed by atoms with van der Waals surface area (Å²) in [6.07, 6.45) is 5.89. The van der Waals surface area contributed by atoms with E-state index < -0.39 is 14.6 Å². The first-order valence-corrected chi connectivity index (χ1v) is 11.2. The van der Waals surface area contributed by atoms with Crippen molar-refractivity contribution in [3.63, 3.8) is 0 Å². The first kappa shape index (κ1) is 17.6. The fourth-order valence-electron chi connectivity index (χ4n) is 4.02. The molecule has 3 aromatic heterocycles. The lowest BCUT2D eigenvalue weighted by Gasteiger charge is -2.34. The van der Waals surface area contributed by atoms with Crippen LogP contribution in [0.1, 0.15) is 25.5 Å². The number of hydrogen-bond acceptors (Lipinski definition) is 7. The van der Waals surface area contributed by atoms with Gasteiger partial charge in [0.2, 0.25) is 0 Å². The second-order valence-electron chi connectivity index (χ2n) is 7.65. The standard InChI is InChI=1S/C18H22N6O3S/c1-12-11-27-8-7-23(12)16-9-15(18(4-5-18)28(2,25)26)24-17(21-16)13(10-20-24)14-3-6-19-22-14/h3,6,9-10,12H,4-5,7-8,11H2,1-2H3,(H,19,22)/t12-/m1/s1. The number of sulfone groups is 1. The molecule has 1 atom stereocenters. The van der Waals surface area contributed by atoms with E-state index in [2.05, 4.69) is 27.1 Å². The molecule has 0 spiro atoms. The summed E-state index contributed by atoms with van der Waals surface area (Å²) in [4.78, 5) is 7.05. The van der Waals surface area contributed by atoms with Gasteiger partial charge in [-0.05, 0) is 25.8 Å². The highest BCUT2D eigenvalue weighted by molar-refractivity contribution is 7.91. The monoisotopic (exact) mass is 402 g/mol. The fraction of sp³-hybridized carbons (Fsp3) is 0.500. The van der Waals surface area contributed by atoms with Gasteiger partial charge in [-0.25, -0.2) is 17.9 Å². The van der Waals surface area contributed by atoms with Crippen molar-refractivity contribution in [3.05, 3.63) is 30.2 Å². The summed E-state index contributed by atoms with van der Waals surface area (Å²) in [5.74, 6) is 0.759. The molecule has 1 saturated carbocycles. The van der Waals surface area contributed by atoms with Gasteiger partial charge in [-0.2, -0.15) is 10.2 Å². The SMILES string of the molecule is C[C@@H]1COCCN1c1cc(C2(S(C)(=O)=O)CC2)n2ncc(-c3ccn[nH]3)c2n1. The van der Waals surface area contributed by atoms with Crippen LogP contribution in [-0.4, -0.2) is 65.3 Å². The summed E-state index contributed by atoms with van der Waals surface area (Å²) in [6, 6.07) is 3.90. The highest BCUT2D eigenvalue weighted by Crippen LogP contribution is 2.53. The average Bonchev–Trinajstić information content (AvgIpc) is 3.11. The Balaban J connectivity index is 1.76. The molecule has 4 heterocycles. The number of aromatic amines is 1. The zero-order valence-corrected chi connectivity index (χ0v) is 16.6. The second-order valence-corrected chi connectivity index (χ2v) is 9.97. The highest BCUT2D eigenvalue weighted by atomic mass is 32.2. The minimum atomic E-state index is -3.29. The molecular formula is C18H22N6O3S. The van der Waals surface area contributed by atoms with Crippen LogP contribution >= 0.6 is 0 Å². The molecule has 0 amide bonds. The van der Waals surface area contributed by atoms with E-state index in [-0.39, 0.29) is 6.04 Å². The smallest absolute Gasteiger partial charge is 0.167 e. The van der Waals surface area contributed by atoms with E-state index in [1.165, 1.54) is 6.26 Å². The van der Waals surface area contributed by atoms with Crippen molar-refractivity contribution in [1.29, 1.82) is 0 Å². The first-order valence-electron chi connectivity index (χ1n) is 9.34. The average molecular weight is 402 g/mol. The molecular weight excluding hydrogens is 380 g/mol. The molecule has 1 saturated heterocycles. The Morgan fingerprint density at radius 3 is 2.82 bits per heavy atom. The van der Waals surface area contributed by atoms with Crippen molar-refractivity contribution < 1.29 is 13.2 Å². The lowest BCUT2D eigenvalue weighted by molar-refractivity contribution is 0.0985. The summed E-state index contributed by atoms with van der Waals surface area (Å²) >= 11 is 0. The highest BCUT2D eigenvalue weighted by Gasteiger charge is 2.55. The third-order valence-corrected chi connectivity index (χ3v) is 7.83. The third kappa shape index (κ3) is 2.55. The van der Waals surface area contributed by atoms with Crippen LogP contribution < -0.4 is 4.90 Å². The number of fused-ring (bicyclic) bond motifs is 1. The summed E-state index contributed by atoms with van der Waals surface area (Å²) < 4.78 is 31.6. The molecule has 0 bridgehead atoms. The fourth-order valence-corrected chi connectivity index (χ4v) is 5.38. The van der Waals surface area contributed by atoms with Gasteiger partial charge in [0.15, 0.2) is 15.5 Å². The molecule has 3 aromatic rings. The summed E-state index contributed by atoms with van der Waals surface area (Å²) in [5, 5.41) is 11.5. The maximum absolute atomic E-state index is 12.6. The molecule has 2 aliphatic rings. The number of hydrogen-bond donors (Lipinski definition) is 1. The zero-order valence-electron chi connectivity index (χ0n) is 15.8. The molecule has 28 heavy (non-hydrogen) atoms. The van der Waals surface area contributed by atoms with Crippen LogP contribution in [0, 0.1) is 0 Å². The Bertz CT molecular complexity index is 1130. The van der Waals surface area contributed by atoms with Crippen molar-refractivity contribution in [2.24, 2.45) is 0 Å². The van der Waals surface area contributed by atoms with Gasteiger partial charge < -0.3 is 9.64 Å². The van der Waals surface area contributed by atoms with Crippen molar-refractivity contribution in [2.75, 3.05) is 30.9 Å². The Labute approximate surface area is 162 Å². The molecule has 1 aliphatic carbocycles. The van der Waals surface area contributed by atoms with Crippen LogP contribution in [0.25, 0.3) is 16.9 Å². The predicted octanol–water partition coefficient (Wildman–Crippen LogP) is 1.38. The maximum Gasteiger partial charge on any atom is 0.167 e. The van der Waals surface area contributed by atoms with Gasteiger partial charge >= 0.3 is 0 Å². The van der Waals surface area contributed by atoms with Crippen molar-refractivity contribution >= 4 is 21.3 Å². The predicted molar refractivity (Wildman–Crippen MR) is 104 cm³/mol. The molecule has 5 rings (SSSR count). The van der Waals surface area contributed by atoms with Gasteiger partial charge in [-0.3, -0.25) is 5.10 Å². The van der Waals surface area contributed by atoms with Crippen LogP contribution in [0.5, 0.6) is 0 Å². The van der Waals surface area contributed by atoms with Crippen LogP contribution in [0.2, 0.25) is 0 Å². The molecule has 0 aromatic carbocycles. The van der Waals surface area contributed by atoms with Crippen molar-refractivity contribution in [2.45, 2.75) is 30.6 Å². The van der Waals surface area contributed by atoms with E-state index in [1.54, 1.807) is 16.9 Å². The largest absolute Gasteiger partial charge is 0.377 e. The number of anilines is 1. The second kappa shape index (κ2) is 6.02. The zero-order chi connectivity index (χ0) is 19.5. The summed E-state index contributed by atoms with van der Waals surface area (Å²) in [5.41, 5.74) is 2.90. The number of morpholine rings is 1. The molecule has 10 heteroatoms. The van der Waals surface area contributed by atoms with Gasteiger partial charge in [0.05, 0.1) is 42.4 Å². The van der Waals surface area contributed by atoms with Gasteiger partial charge in [0, 0.05) is 25.1 Å². The van der Waals surface area contributed by atoms with Gasteiger partial charge in [-0.1, -0.05) is 0 Å². The molecule has 9 nitrogen and oxygen atoms in total. The normalized spacial score (nSPS) is 21.9. The minimum absolute atomic E-state index is 0.156. The van der Waals surface area contributed by atoms with Gasteiger partial charge in [0.1, 0.15) is 10.6 Å². The number of nitrogens with one attached hydrogen (secondary N) is 1. The quantitative estimate of drug-likeness (QED) is 0.703. The van der Waals surface area contributed by atoms with Crippen molar-refractivity contribution in [1.82, 2.24) is 24.8 Å². The molecule has 2 fully saturated rings. The van der Waals surface area contributed by atoms with Crippen LogP contribution in [0.4, 0.5) is 5.82 Å². The Hall–Kier alpha value is -2.46. The van der Waals surface area contributed by atoms with Crippen LogP contribution in [0.3, 0.4) is 0 Å². The van der Waals surface area contributed by atoms with Crippen molar-refractivity contribution in [3.8, 4) is 11.3 Å². The number of ether oxygens (including phenoxy) is 1. The maximum atomic E-state index is 12.6. The Morgan fingerprint density at radius 1 is 1.36 bits per heavy atom. The van der Waals surface area contributed by atoms with Gasteiger partial charge in [-0.15, -0.1) is 0 Å².